The molecule has 0 bridgehead atoms. The van der Waals surface area contributed by atoms with Crippen LogP contribution in [0.2, 0.25) is 0 Å². The first-order chi connectivity index (χ1) is 15.2. The van der Waals surface area contributed by atoms with Gasteiger partial charge in [-0.15, -0.1) is 0 Å². The number of carbonyl (C=O) groups excluding carboxylic acids is 3. The van der Waals surface area contributed by atoms with E-state index in [-0.39, 0.29) is 17.9 Å². The Morgan fingerprint density at radius 2 is 1.53 bits per heavy atom. The maximum absolute atomic E-state index is 11.8. The minimum atomic E-state index is -0.735. The molecular weight excluding hydrogens is 420 g/mol. The van der Waals surface area contributed by atoms with Crippen molar-refractivity contribution in [2.75, 3.05) is 14.2 Å². The lowest BCUT2D eigenvalue weighted by Crippen LogP contribution is -2.34. The molecule has 1 aliphatic heterocycles. The van der Waals surface area contributed by atoms with E-state index >= 15 is 0 Å². The molecule has 0 saturated carbocycles. The molecule has 3 rings (SSSR count). The summed E-state index contributed by atoms with van der Waals surface area (Å²) in [7, 11) is 2.94. The van der Waals surface area contributed by atoms with Gasteiger partial charge in [0.1, 0.15) is 23.4 Å². The second-order valence-electron chi connectivity index (χ2n) is 7.09. The highest BCUT2D eigenvalue weighted by atomic mass is 16.6. The van der Waals surface area contributed by atoms with Gasteiger partial charge in [-0.2, -0.15) is 0 Å². The summed E-state index contributed by atoms with van der Waals surface area (Å²) in [4.78, 5) is 34.9. The van der Waals surface area contributed by atoms with E-state index in [4.69, 9.17) is 28.4 Å². The molecule has 0 aromatic heterocycles. The maximum Gasteiger partial charge on any atom is 0.308 e. The highest BCUT2D eigenvalue weighted by molar-refractivity contribution is 5.72. The van der Waals surface area contributed by atoms with Crippen LogP contribution in [-0.2, 0) is 25.5 Å². The van der Waals surface area contributed by atoms with Gasteiger partial charge in [-0.3, -0.25) is 14.4 Å². The molecule has 2 aromatic rings. The molecule has 0 spiro atoms. The van der Waals surface area contributed by atoms with E-state index in [0.29, 0.717) is 28.4 Å². The molecule has 2 atom stereocenters. The van der Waals surface area contributed by atoms with Gasteiger partial charge >= 0.3 is 17.9 Å². The smallest absolute Gasteiger partial charge is 0.308 e. The SMILES string of the molecule is COc1cc(OC(C)=O)c2c(c1)O[C@H](c1ccc(OC)c(OC(C)=O)c1)[C@@H](OC(C)=O)C2. The molecule has 9 heteroatoms. The molecule has 9 nitrogen and oxygen atoms in total. The number of esters is 3. The van der Waals surface area contributed by atoms with Crippen molar-refractivity contribution in [2.45, 2.75) is 39.4 Å². The molecule has 1 heterocycles. The Labute approximate surface area is 185 Å². The molecule has 0 saturated heterocycles. The fourth-order valence-electron chi connectivity index (χ4n) is 3.49. The van der Waals surface area contributed by atoms with Gasteiger partial charge in [0.05, 0.1) is 14.2 Å². The molecule has 1 aliphatic rings. The Morgan fingerprint density at radius 1 is 0.844 bits per heavy atom. The summed E-state index contributed by atoms with van der Waals surface area (Å²) in [6.45, 7) is 3.87. The van der Waals surface area contributed by atoms with Crippen molar-refractivity contribution in [3.8, 4) is 28.7 Å². The molecule has 0 fully saturated rings. The van der Waals surface area contributed by atoms with E-state index < -0.39 is 30.1 Å². The van der Waals surface area contributed by atoms with Crippen molar-refractivity contribution in [3.63, 3.8) is 0 Å². The molecular formula is C23H24O9. The number of hydrogen-bond donors (Lipinski definition) is 0. The number of benzene rings is 2. The minimum Gasteiger partial charge on any atom is -0.496 e. The average molecular weight is 444 g/mol. The van der Waals surface area contributed by atoms with Crippen LogP contribution in [0, 0.1) is 0 Å². The third-order valence-corrected chi connectivity index (χ3v) is 4.72. The number of ether oxygens (including phenoxy) is 6. The third-order valence-electron chi connectivity index (χ3n) is 4.72. The van der Waals surface area contributed by atoms with Gasteiger partial charge in [0.2, 0.25) is 0 Å². The van der Waals surface area contributed by atoms with E-state index in [1.807, 2.05) is 0 Å². The summed E-state index contributed by atoms with van der Waals surface area (Å²) in [6.07, 6.45) is -1.24. The number of methoxy groups -OCH3 is 2. The Hall–Kier alpha value is -3.75. The first-order valence-corrected chi connectivity index (χ1v) is 9.81. The quantitative estimate of drug-likeness (QED) is 0.490. The fourth-order valence-corrected chi connectivity index (χ4v) is 3.49. The van der Waals surface area contributed by atoms with Gasteiger partial charge in [-0.1, -0.05) is 6.07 Å². The van der Waals surface area contributed by atoms with Crippen molar-refractivity contribution in [1.29, 1.82) is 0 Å². The molecule has 0 N–H and O–H groups in total. The van der Waals surface area contributed by atoms with Crippen molar-refractivity contribution in [1.82, 2.24) is 0 Å². The standard InChI is InChI=1S/C23H24O9/c1-12(24)29-19-9-16(27-4)10-20-17(19)11-22(31-14(3)26)23(32-20)15-6-7-18(28-5)21(8-15)30-13(2)25/h6-10,22-23H,11H2,1-5H3/t22-,23+/m0/s1. The lowest BCUT2D eigenvalue weighted by molar-refractivity contribution is -0.152. The number of carbonyl (C=O) groups is 3. The third kappa shape index (κ3) is 5.11. The minimum absolute atomic E-state index is 0.208. The molecule has 0 aliphatic carbocycles. The van der Waals surface area contributed by atoms with Crippen LogP contribution < -0.4 is 23.7 Å². The van der Waals surface area contributed by atoms with Gasteiger partial charge in [-0.25, -0.2) is 0 Å². The van der Waals surface area contributed by atoms with Crippen LogP contribution in [0.25, 0.3) is 0 Å². The van der Waals surface area contributed by atoms with Gasteiger partial charge in [0.15, 0.2) is 17.6 Å². The first-order valence-electron chi connectivity index (χ1n) is 9.81. The summed E-state index contributed by atoms with van der Waals surface area (Å²) in [5, 5.41) is 0. The maximum atomic E-state index is 11.8. The van der Waals surface area contributed by atoms with Gasteiger partial charge in [0, 0.05) is 50.5 Å². The molecule has 170 valence electrons. The summed E-state index contributed by atoms with van der Waals surface area (Å²) in [6, 6.07) is 8.19. The van der Waals surface area contributed by atoms with E-state index in [2.05, 4.69) is 0 Å². The first kappa shape index (κ1) is 22.9. The van der Waals surface area contributed by atoms with Crippen LogP contribution in [0.1, 0.15) is 38.0 Å². The predicted octanol–water partition coefficient (Wildman–Crippen LogP) is 3.16. The van der Waals surface area contributed by atoms with Gasteiger partial charge in [0.25, 0.3) is 0 Å². The van der Waals surface area contributed by atoms with E-state index in [1.54, 1.807) is 30.3 Å². The zero-order valence-electron chi connectivity index (χ0n) is 18.4. The molecule has 0 radical (unpaired) electrons. The van der Waals surface area contributed by atoms with Crippen molar-refractivity contribution in [2.24, 2.45) is 0 Å². The number of rotatable bonds is 6. The van der Waals surface area contributed by atoms with Crippen LogP contribution >= 0.6 is 0 Å². The second-order valence-corrected chi connectivity index (χ2v) is 7.09. The highest BCUT2D eigenvalue weighted by Gasteiger charge is 2.36. The summed E-state index contributed by atoms with van der Waals surface area (Å²) in [5.41, 5.74) is 1.16. The molecule has 0 amide bonds. The zero-order valence-corrected chi connectivity index (χ0v) is 18.4. The lowest BCUT2D eigenvalue weighted by Gasteiger charge is -2.34. The van der Waals surface area contributed by atoms with Crippen LogP contribution in [0.4, 0.5) is 0 Å². The number of fused-ring (bicyclic) bond motifs is 1. The zero-order chi connectivity index (χ0) is 23.4. The summed E-state index contributed by atoms with van der Waals surface area (Å²) >= 11 is 0. The highest BCUT2D eigenvalue weighted by Crippen LogP contribution is 2.44. The van der Waals surface area contributed by atoms with E-state index in [1.165, 1.54) is 35.0 Å². The molecule has 2 aromatic carbocycles. The lowest BCUT2D eigenvalue weighted by atomic mass is 9.93. The van der Waals surface area contributed by atoms with Crippen molar-refractivity contribution < 1.29 is 42.8 Å². The van der Waals surface area contributed by atoms with Crippen molar-refractivity contribution >= 4 is 17.9 Å². The van der Waals surface area contributed by atoms with Crippen molar-refractivity contribution in [3.05, 3.63) is 41.5 Å². The van der Waals surface area contributed by atoms with Crippen LogP contribution in [0.5, 0.6) is 28.7 Å². The molecule has 0 unspecified atom stereocenters. The molecule has 32 heavy (non-hydrogen) atoms. The second kappa shape index (κ2) is 9.59. The predicted molar refractivity (Wildman–Crippen MR) is 111 cm³/mol. The summed E-state index contributed by atoms with van der Waals surface area (Å²) < 4.78 is 32.9. The average Bonchev–Trinajstić information content (AvgIpc) is 2.72. The van der Waals surface area contributed by atoms with E-state index in [0.717, 1.165) is 0 Å². The fraction of sp³-hybridized carbons (Fsp3) is 0.348. The largest absolute Gasteiger partial charge is 0.496 e. The van der Waals surface area contributed by atoms with Gasteiger partial charge in [-0.05, 0) is 12.1 Å². The van der Waals surface area contributed by atoms with E-state index in [9.17, 15) is 14.4 Å². The monoisotopic (exact) mass is 444 g/mol. The topological polar surface area (TPSA) is 107 Å². The van der Waals surface area contributed by atoms with Crippen LogP contribution in [-0.4, -0.2) is 38.2 Å². The Bertz CT molecular complexity index is 1040. The normalized spacial score (nSPS) is 16.8. The Kier molecular flexibility index (Phi) is 6.87. The van der Waals surface area contributed by atoms with Gasteiger partial charge < -0.3 is 28.4 Å². The Balaban J connectivity index is 2.08. The summed E-state index contributed by atoms with van der Waals surface area (Å²) in [5.74, 6) is 0.165. The number of hydrogen-bond acceptors (Lipinski definition) is 9. The van der Waals surface area contributed by atoms with Crippen LogP contribution in [0.3, 0.4) is 0 Å². The Morgan fingerprint density at radius 3 is 2.12 bits per heavy atom. The van der Waals surface area contributed by atoms with Crippen LogP contribution in [0.15, 0.2) is 30.3 Å².